The molecule has 0 aliphatic rings. The van der Waals surface area contributed by atoms with Gasteiger partial charge in [-0.25, -0.2) is 9.97 Å². The van der Waals surface area contributed by atoms with Gasteiger partial charge >= 0.3 is 0 Å². The van der Waals surface area contributed by atoms with Crippen molar-refractivity contribution in [2.45, 2.75) is 5.16 Å². The lowest BCUT2D eigenvalue weighted by Crippen LogP contribution is -2.15. The predicted octanol–water partition coefficient (Wildman–Crippen LogP) is 3.30. The molecule has 3 heterocycles. The Kier molecular flexibility index (Phi) is 4.44. The van der Waals surface area contributed by atoms with Gasteiger partial charge in [-0.3, -0.25) is 4.79 Å². The van der Waals surface area contributed by atoms with Crippen molar-refractivity contribution in [2.75, 3.05) is 11.1 Å². The average Bonchev–Trinajstić information content (AvgIpc) is 2.94. The number of aromatic nitrogens is 5. The second kappa shape index (κ2) is 6.89. The summed E-state index contributed by atoms with van der Waals surface area (Å²) in [6.07, 6.45) is 1.48. The van der Waals surface area contributed by atoms with E-state index in [1.807, 2.05) is 35.9 Å². The molecule has 0 aliphatic carbocycles. The Bertz CT molecular complexity index is 1110. The first-order valence-corrected chi connectivity index (χ1v) is 9.10. The number of hydrogen-bond donors (Lipinski definition) is 1. The zero-order chi connectivity index (χ0) is 18.1. The maximum atomic E-state index is 12.1. The van der Waals surface area contributed by atoms with Crippen molar-refractivity contribution in [3.8, 4) is 0 Å². The van der Waals surface area contributed by atoms with Crippen LogP contribution in [0.3, 0.4) is 0 Å². The number of pyridine rings is 1. The summed E-state index contributed by atoms with van der Waals surface area (Å²) in [5.41, 5.74) is 2.53. The molecule has 0 atom stereocenters. The van der Waals surface area contributed by atoms with Crippen molar-refractivity contribution in [1.29, 1.82) is 0 Å². The Morgan fingerprint density at radius 2 is 2.08 bits per heavy atom. The van der Waals surface area contributed by atoms with Crippen LogP contribution in [0.15, 0.2) is 47.8 Å². The molecule has 9 heteroatoms. The van der Waals surface area contributed by atoms with E-state index >= 15 is 0 Å². The van der Waals surface area contributed by atoms with Crippen molar-refractivity contribution in [3.05, 3.63) is 47.6 Å². The second-order valence-electron chi connectivity index (χ2n) is 5.54. The summed E-state index contributed by atoms with van der Waals surface area (Å²) in [4.78, 5) is 20.6. The molecule has 1 amide bonds. The summed E-state index contributed by atoms with van der Waals surface area (Å²) in [5.74, 6) is 0.398. The lowest BCUT2D eigenvalue weighted by molar-refractivity contribution is -0.113. The number of hydrogen-bond acceptors (Lipinski definition) is 6. The van der Waals surface area contributed by atoms with Crippen LogP contribution in [0.4, 0.5) is 5.82 Å². The Balaban J connectivity index is 1.50. The first-order chi connectivity index (χ1) is 12.6. The molecule has 4 aromatic rings. The van der Waals surface area contributed by atoms with E-state index in [1.165, 1.54) is 18.0 Å². The summed E-state index contributed by atoms with van der Waals surface area (Å²) in [6, 6.07) is 11.2. The number of carbonyl (C=O) groups excluding carboxylic acids is 1. The van der Waals surface area contributed by atoms with Gasteiger partial charge in [0.05, 0.1) is 16.3 Å². The van der Waals surface area contributed by atoms with Crippen molar-refractivity contribution in [2.24, 2.45) is 7.05 Å². The van der Waals surface area contributed by atoms with Crippen molar-refractivity contribution >= 4 is 57.2 Å². The Morgan fingerprint density at radius 1 is 1.23 bits per heavy atom. The molecule has 0 bridgehead atoms. The van der Waals surface area contributed by atoms with Gasteiger partial charge in [-0.2, -0.15) is 0 Å². The number of anilines is 1. The number of nitrogens with one attached hydrogen (secondary N) is 1. The largest absolute Gasteiger partial charge is 0.327 e. The van der Waals surface area contributed by atoms with Gasteiger partial charge in [-0.1, -0.05) is 41.6 Å². The molecule has 0 radical (unpaired) electrons. The summed E-state index contributed by atoms with van der Waals surface area (Å²) in [5, 5.41) is 13.1. The van der Waals surface area contributed by atoms with E-state index in [-0.39, 0.29) is 11.7 Å². The molecule has 0 saturated heterocycles. The van der Waals surface area contributed by atoms with E-state index < -0.39 is 0 Å². The maximum absolute atomic E-state index is 12.1. The third kappa shape index (κ3) is 3.21. The molecule has 0 aliphatic heterocycles. The zero-order valence-electron chi connectivity index (χ0n) is 13.7. The lowest BCUT2D eigenvalue weighted by Gasteiger charge is -2.03. The molecule has 7 nitrogen and oxygen atoms in total. The SMILES string of the molecule is Cn1c2ccccc2c2nnc(SCC(=O)Nc3ccc(Cl)cn3)nc21. The molecule has 0 fully saturated rings. The van der Waals surface area contributed by atoms with Gasteiger partial charge in [0, 0.05) is 18.6 Å². The fourth-order valence-corrected chi connectivity index (χ4v) is 3.31. The van der Waals surface area contributed by atoms with Crippen LogP contribution in [0.2, 0.25) is 5.02 Å². The minimum Gasteiger partial charge on any atom is -0.327 e. The standard InChI is InChI=1S/C17H13ClN6OS/c1-24-12-5-3-2-4-11(12)15-16(24)21-17(23-22-15)26-9-14(25)20-13-7-6-10(18)8-19-13/h2-8H,9H2,1H3,(H,19,20,25). The first kappa shape index (κ1) is 16.7. The molecule has 3 aromatic heterocycles. The van der Waals surface area contributed by atoms with Gasteiger partial charge in [0.25, 0.3) is 0 Å². The van der Waals surface area contributed by atoms with Crippen LogP contribution in [-0.2, 0) is 11.8 Å². The zero-order valence-corrected chi connectivity index (χ0v) is 15.3. The summed E-state index contributed by atoms with van der Waals surface area (Å²) < 4.78 is 1.97. The van der Waals surface area contributed by atoms with E-state index in [2.05, 4.69) is 25.5 Å². The van der Waals surface area contributed by atoms with Gasteiger partial charge < -0.3 is 9.88 Å². The second-order valence-corrected chi connectivity index (χ2v) is 6.92. The number of benzene rings is 1. The number of para-hydroxylation sites is 1. The van der Waals surface area contributed by atoms with E-state index in [0.717, 1.165) is 22.1 Å². The third-order valence-electron chi connectivity index (χ3n) is 3.81. The molecule has 0 saturated carbocycles. The highest BCUT2D eigenvalue weighted by molar-refractivity contribution is 7.99. The molecular weight excluding hydrogens is 372 g/mol. The number of carbonyl (C=O) groups is 1. The minimum absolute atomic E-state index is 0.154. The number of halogens is 1. The molecule has 0 unspecified atom stereocenters. The molecule has 1 N–H and O–H groups in total. The normalized spacial score (nSPS) is 11.2. The molecular formula is C17H13ClN6OS. The highest BCUT2D eigenvalue weighted by Crippen LogP contribution is 2.25. The maximum Gasteiger partial charge on any atom is 0.236 e. The smallest absolute Gasteiger partial charge is 0.236 e. The highest BCUT2D eigenvalue weighted by Gasteiger charge is 2.13. The van der Waals surface area contributed by atoms with Gasteiger partial charge in [0.1, 0.15) is 11.3 Å². The van der Waals surface area contributed by atoms with Crippen LogP contribution in [0.5, 0.6) is 0 Å². The van der Waals surface area contributed by atoms with Crippen LogP contribution in [-0.4, -0.2) is 36.4 Å². The van der Waals surface area contributed by atoms with Gasteiger partial charge in [-0.15, -0.1) is 10.2 Å². The van der Waals surface area contributed by atoms with Crippen LogP contribution in [0.25, 0.3) is 22.1 Å². The molecule has 1 aromatic carbocycles. The third-order valence-corrected chi connectivity index (χ3v) is 4.88. The predicted molar refractivity (Wildman–Crippen MR) is 102 cm³/mol. The van der Waals surface area contributed by atoms with Crippen molar-refractivity contribution in [1.82, 2.24) is 24.7 Å². The number of fused-ring (bicyclic) bond motifs is 3. The van der Waals surface area contributed by atoms with Crippen LogP contribution in [0.1, 0.15) is 0 Å². The number of aryl methyl sites for hydroxylation is 1. The molecule has 4 rings (SSSR count). The fourth-order valence-electron chi connectivity index (χ4n) is 2.61. The van der Waals surface area contributed by atoms with E-state index in [9.17, 15) is 4.79 Å². The molecule has 26 heavy (non-hydrogen) atoms. The Morgan fingerprint density at radius 3 is 2.88 bits per heavy atom. The lowest BCUT2D eigenvalue weighted by atomic mass is 10.2. The van der Waals surface area contributed by atoms with Crippen LogP contribution < -0.4 is 5.32 Å². The summed E-state index contributed by atoms with van der Waals surface area (Å²) in [7, 11) is 1.94. The van der Waals surface area contributed by atoms with Crippen molar-refractivity contribution < 1.29 is 4.79 Å². The molecule has 0 spiro atoms. The Hall–Kier alpha value is -2.71. The van der Waals surface area contributed by atoms with Crippen LogP contribution in [0, 0.1) is 0 Å². The number of rotatable bonds is 4. The van der Waals surface area contributed by atoms with Gasteiger partial charge in [0.15, 0.2) is 5.65 Å². The summed E-state index contributed by atoms with van der Waals surface area (Å²) >= 11 is 6.99. The quantitative estimate of drug-likeness (QED) is 0.543. The average molecular weight is 385 g/mol. The number of amides is 1. The fraction of sp³-hybridized carbons (Fsp3) is 0.118. The molecule has 130 valence electrons. The monoisotopic (exact) mass is 384 g/mol. The van der Waals surface area contributed by atoms with E-state index in [4.69, 9.17) is 11.6 Å². The Labute approximate surface area is 157 Å². The number of thioether (sulfide) groups is 1. The van der Waals surface area contributed by atoms with Crippen molar-refractivity contribution in [3.63, 3.8) is 0 Å². The first-order valence-electron chi connectivity index (χ1n) is 7.74. The van der Waals surface area contributed by atoms with E-state index in [1.54, 1.807) is 12.1 Å². The van der Waals surface area contributed by atoms with Gasteiger partial charge in [0.2, 0.25) is 11.1 Å². The van der Waals surface area contributed by atoms with Crippen LogP contribution >= 0.6 is 23.4 Å². The topological polar surface area (TPSA) is 85.6 Å². The summed E-state index contributed by atoms with van der Waals surface area (Å²) in [6.45, 7) is 0. The van der Waals surface area contributed by atoms with E-state index in [0.29, 0.717) is 16.0 Å². The minimum atomic E-state index is -0.203. The van der Waals surface area contributed by atoms with Gasteiger partial charge in [-0.05, 0) is 18.2 Å². The number of nitrogens with zero attached hydrogens (tertiary/aromatic N) is 5. The highest BCUT2D eigenvalue weighted by atomic mass is 35.5.